The third-order valence-corrected chi connectivity index (χ3v) is 1.39. The van der Waals surface area contributed by atoms with Gasteiger partial charge in [-0.05, 0) is 12.1 Å². The first-order valence-corrected chi connectivity index (χ1v) is 3.60. The van der Waals surface area contributed by atoms with Crippen LogP contribution in [0.1, 0.15) is 11.2 Å². The zero-order chi connectivity index (χ0) is 7.40. The molecule has 1 aromatic rings. The Hall–Kier alpha value is -0.760. The first-order chi connectivity index (χ1) is 4.84. The molecule has 0 aliphatic rings. The predicted molar refractivity (Wildman–Crippen MR) is 40.4 cm³/mol. The Bertz CT molecular complexity index is 205. The molecule has 1 rings (SSSR count). The lowest BCUT2D eigenvalue weighted by molar-refractivity contribution is 0.0910. The molecule has 1 aromatic heterocycles. The van der Waals surface area contributed by atoms with Gasteiger partial charge in [0.15, 0.2) is 0 Å². The lowest BCUT2D eigenvalue weighted by Crippen LogP contribution is -2.07. The summed E-state index contributed by atoms with van der Waals surface area (Å²) in [6.07, 6.45) is 3.83. The molecule has 3 heteroatoms. The number of hydrogen-bond donors (Lipinski definition) is 0. The SMILES string of the molecule is O=C(CCCl)n1cccc1. The number of rotatable bonds is 2. The van der Waals surface area contributed by atoms with Crippen LogP contribution in [0.2, 0.25) is 0 Å². The first kappa shape index (κ1) is 7.35. The van der Waals surface area contributed by atoms with Gasteiger partial charge in [0.25, 0.3) is 0 Å². The number of carbonyl (C=O) groups is 1. The quantitative estimate of drug-likeness (QED) is 0.600. The van der Waals surface area contributed by atoms with E-state index in [0.717, 1.165) is 0 Å². The summed E-state index contributed by atoms with van der Waals surface area (Å²) < 4.78 is 1.53. The van der Waals surface area contributed by atoms with E-state index in [4.69, 9.17) is 11.6 Å². The third-order valence-electron chi connectivity index (χ3n) is 1.20. The molecule has 2 nitrogen and oxygen atoms in total. The van der Waals surface area contributed by atoms with Crippen LogP contribution in [0.25, 0.3) is 0 Å². The normalized spacial score (nSPS) is 9.70. The van der Waals surface area contributed by atoms with Gasteiger partial charge in [-0.25, -0.2) is 0 Å². The molecule has 0 aromatic carbocycles. The molecule has 0 saturated carbocycles. The summed E-state index contributed by atoms with van der Waals surface area (Å²) in [6, 6.07) is 3.62. The maximum Gasteiger partial charge on any atom is 0.231 e. The van der Waals surface area contributed by atoms with E-state index in [9.17, 15) is 4.79 Å². The van der Waals surface area contributed by atoms with Gasteiger partial charge in [0.05, 0.1) is 0 Å². The molecule has 0 fully saturated rings. The lowest BCUT2D eigenvalue weighted by atomic mass is 10.4. The van der Waals surface area contributed by atoms with Crippen LogP contribution >= 0.6 is 11.6 Å². The Morgan fingerprint density at radius 1 is 1.40 bits per heavy atom. The van der Waals surface area contributed by atoms with E-state index in [1.807, 2.05) is 12.1 Å². The van der Waals surface area contributed by atoms with Crippen molar-refractivity contribution in [3.8, 4) is 0 Å². The molecule has 0 aliphatic carbocycles. The summed E-state index contributed by atoms with van der Waals surface area (Å²) in [5.74, 6) is 0.428. The van der Waals surface area contributed by atoms with Gasteiger partial charge in [-0.15, -0.1) is 11.6 Å². The van der Waals surface area contributed by atoms with Gasteiger partial charge in [0.1, 0.15) is 0 Å². The van der Waals surface area contributed by atoms with Crippen molar-refractivity contribution in [2.45, 2.75) is 6.42 Å². The minimum absolute atomic E-state index is 0.0417. The van der Waals surface area contributed by atoms with Gasteiger partial charge in [0.2, 0.25) is 5.91 Å². The molecule has 0 radical (unpaired) electrons. The molecule has 0 N–H and O–H groups in total. The van der Waals surface area contributed by atoms with E-state index in [1.165, 1.54) is 4.57 Å². The van der Waals surface area contributed by atoms with Crippen LogP contribution in [0.3, 0.4) is 0 Å². The second-order valence-electron chi connectivity index (χ2n) is 1.92. The topological polar surface area (TPSA) is 22.0 Å². The van der Waals surface area contributed by atoms with Gasteiger partial charge in [-0.3, -0.25) is 9.36 Å². The fraction of sp³-hybridized carbons (Fsp3) is 0.286. The third kappa shape index (κ3) is 1.61. The van der Waals surface area contributed by atoms with E-state index in [1.54, 1.807) is 12.4 Å². The molecular weight excluding hydrogens is 150 g/mol. The summed E-state index contributed by atoms with van der Waals surface area (Å²) >= 11 is 5.38. The fourth-order valence-electron chi connectivity index (χ4n) is 0.711. The summed E-state index contributed by atoms with van der Waals surface area (Å²) in [6.45, 7) is 0. The van der Waals surface area contributed by atoms with E-state index in [0.29, 0.717) is 12.3 Å². The monoisotopic (exact) mass is 157 g/mol. The van der Waals surface area contributed by atoms with Crippen molar-refractivity contribution in [1.82, 2.24) is 4.57 Å². The van der Waals surface area contributed by atoms with E-state index in [-0.39, 0.29) is 5.91 Å². The van der Waals surface area contributed by atoms with Crippen molar-refractivity contribution in [3.05, 3.63) is 24.5 Å². The Labute approximate surface area is 64.4 Å². The van der Waals surface area contributed by atoms with Crippen LogP contribution in [-0.2, 0) is 0 Å². The Morgan fingerprint density at radius 2 is 2.00 bits per heavy atom. The molecule has 0 aliphatic heterocycles. The zero-order valence-electron chi connectivity index (χ0n) is 5.46. The number of halogens is 1. The molecule has 0 spiro atoms. The molecule has 0 atom stereocenters. The smallest absolute Gasteiger partial charge is 0.231 e. The zero-order valence-corrected chi connectivity index (χ0v) is 6.21. The Balaban J connectivity index is 2.59. The maximum atomic E-state index is 11.0. The highest BCUT2D eigenvalue weighted by Crippen LogP contribution is 1.94. The number of hydrogen-bond acceptors (Lipinski definition) is 1. The van der Waals surface area contributed by atoms with Gasteiger partial charge in [-0.2, -0.15) is 0 Å². The van der Waals surface area contributed by atoms with Crippen LogP contribution in [0.5, 0.6) is 0 Å². The van der Waals surface area contributed by atoms with Crippen LogP contribution in [0.4, 0.5) is 0 Å². The number of alkyl halides is 1. The maximum absolute atomic E-state index is 11.0. The van der Waals surface area contributed by atoms with Gasteiger partial charge in [0, 0.05) is 24.7 Å². The Morgan fingerprint density at radius 3 is 2.50 bits per heavy atom. The van der Waals surface area contributed by atoms with E-state index < -0.39 is 0 Å². The van der Waals surface area contributed by atoms with E-state index >= 15 is 0 Å². The number of carbonyl (C=O) groups excluding carboxylic acids is 1. The van der Waals surface area contributed by atoms with E-state index in [2.05, 4.69) is 0 Å². The summed E-state index contributed by atoms with van der Waals surface area (Å²) in [7, 11) is 0. The van der Waals surface area contributed by atoms with Gasteiger partial charge < -0.3 is 0 Å². The minimum atomic E-state index is 0.0417. The van der Waals surface area contributed by atoms with Crippen LogP contribution in [0.15, 0.2) is 24.5 Å². The predicted octanol–water partition coefficient (Wildman–Crippen LogP) is 1.76. The molecule has 0 saturated heterocycles. The van der Waals surface area contributed by atoms with Crippen molar-refractivity contribution < 1.29 is 4.79 Å². The fourth-order valence-corrected chi connectivity index (χ4v) is 0.872. The average Bonchev–Trinajstić information content (AvgIpc) is 2.38. The van der Waals surface area contributed by atoms with Crippen molar-refractivity contribution >= 4 is 17.5 Å². The second-order valence-corrected chi connectivity index (χ2v) is 2.30. The number of aromatic nitrogens is 1. The highest BCUT2D eigenvalue weighted by atomic mass is 35.5. The van der Waals surface area contributed by atoms with Gasteiger partial charge in [-0.1, -0.05) is 0 Å². The average molecular weight is 158 g/mol. The molecule has 0 bridgehead atoms. The molecule has 1 heterocycles. The summed E-state index contributed by atoms with van der Waals surface area (Å²) in [5, 5.41) is 0. The standard InChI is InChI=1S/C7H8ClNO/c8-4-3-7(10)9-5-1-2-6-9/h1-2,5-6H,3-4H2. The summed E-state index contributed by atoms with van der Waals surface area (Å²) in [4.78, 5) is 11.0. The largest absolute Gasteiger partial charge is 0.295 e. The first-order valence-electron chi connectivity index (χ1n) is 3.06. The van der Waals surface area contributed by atoms with Crippen LogP contribution in [0, 0.1) is 0 Å². The molecule has 0 amide bonds. The Kier molecular flexibility index (Phi) is 2.51. The highest BCUT2D eigenvalue weighted by molar-refractivity contribution is 6.19. The van der Waals surface area contributed by atoms with Crippen LogP contribution < -0.4 is 0 Å². The van der Waals surface area contributed by atoms with Crippen molar-refractivity contribution in [1.29, 1.82) is 0 Å². The van der Waals surface area contributed by atoms with Gasteiger partial charge >= 0.3 is 0 Å². The molecule has 54 valence electrons. The molecule has 10 heavy (non-hydrogen) atoms. The van der Waals surface area contributed by atoms with Crippen molar-refractivity contribution in [2.75, 3.05) is 5.88 Å². The van der Waals surface area contributed by atoms with Crippen molar-refractivity contribution in [3.63, 3.8) is 0 Å². The highest BCUT2D eigenvalue weighted by Gasteiger charge is 1.99. The number of nitrogens with zero attached hydrogens (tertiary/aromatic N) is 1. The lowest BCUT2D eigenvalue weighted by Gasteiger charge is -1.96. The van der Waals surface area contributed by atoms with Crippen molar-refractivity contribution in [2.24, 2.45) is 0 Å². The van der Waals surface area contributed by atoms with Crippen LogP contribution in [-0.4, -0.2) is 16.4 Å². The second kappa shape index (κ2) is 3.42. The molecule has 0 unspecified atom stereocenters. The minimum Gasteiger partial charge on any atom is -0.295 e. The summed E-state index contributed by atoms with van der Waals surface area (Å²) in [5.41, 5.74) is 0. The molecular formula is C7H8ClNO.